The Morgan fingerprint density at radius 2 is 1.76 bits per heavy atom. The molecule has 34 heavy (non-hydrogen) atoms. The van der Waals surface area contributed by atoms with E-state index >= 15 is 0 Å². The molecule has 184 valence electrons. The highest BCUT2D eigenvalue weighted by Crippen LogP contribution is 2.31. The van der Waals surface area contributed by atoms with Crippen molar-refractivity contribution in [3.05, 3.63) is 59.9 Å². The lowest BCUT2D eigenvalue weighted by atomic mass is 10.1. The van der Waals surface area contributed by atoms with Gasteiger partial charge in [-0.3, -0.25) is 4.90 Å². The van der Waals surface area contributed by atoms with Crippen LogP contribution in [0.2, 0.25) is 0 Å². The smallest absolute Gasteiger partial charge is 0.246 e. The molecule has 3 heterocycles. The summed E-state index contributed by atoms with van der Waals surface area (Å²) in [7, 11) is 0. The number of aliphatic hydroxyl groups is 1. The van der Waals surface area contributed by atoms with Crippen molar-refractivity contribution in [2.75, 3.05) is 36.5 Å². The molecule has 5 rings (SSSR count). The van der Waals surface area contributed by atoms with Gasteiger partial charge in [-0.05, 0) is 75.0 Å². The van der Waals surface area contributed by atoms with E-state index in [-0.39, 0.29) is 21.2 Å². The van der Waals surface area contributed by atoms with Crippen molar-refractivity contribution in [3.8, 4) is 5.69 Å². The molecule has 7 nitrogen and oxygen atoms in total. The molecular weight excluding hydrogens is 438 g/mol. The normalized spacial score (nSPS) is 20.9. The molecule has 2 N–H and O–H groups in total. The first-order chi connectivity index (χ1) is 16.5. The number of hydrogen-bond donors (Lipinski definition) is 2. The van der Waals surface area contributed by atoms with Crippen molar-refractivity contribution in [2.24, 2.45) is 0 Å². The molecule has 2 fully saturated rings. The summed E-state index contributed by atoms with van der Waals surface area (Å²) in [4.78, 5) is 9.16. The Kier molecular flexibility index (Phi) is 6.47. The molecule has 0 bridgehead atoms. The average molecular weight is 473 g/mol. The number of aliphatic hydroxyl groups excluding tert-OH is 1. The molecule has 0 spiro atoms. The van der Waals surface area contributed by atoms with E-state index < -0.39 is 11.6 Å². The van der Waals surface area contributed by atoms with Crippen LogP contribution in [0.15, 0.2) is 42.7 Å². The summed E-state index contributed by atoms with van der Waals surface area (Å²) in [5.41, 5.74) is 3.40. The Hall–Kier alpha value is -3.04. The molecule has 0 saturated carbocycles. The van der Waals surface area contributed by atoms with E-state index in [0.717, 1.165) is 68.3 Å². The van der Waals surface area contributed by atoms with Crippen LogP contribution < -0.4 is 10.2 Å². The van der Waals surface area contributed by atoms with E-state index in [4.69, 9.17) is 0 Å². The van der Waals surface area contributed by atoms with Gasteiger partial charge in [-0.2, -0.15) is 4.98 Å². The number of benzene rings is 2. The van der Waals surface area contributed by atoms with E-state index in [2.05, 4.69) is 44.3 Å². The van der Waals surface area contributed by atoms with Crippen molar-refractivity contribution in [2.45, 2.75) is 44.7 Å². The topological polar surface area (TPSA) is 69.5 Å². The average Bonchev–Trinajstić information content (AvgIpc) is 3.54. The van der Waals surface area contributed by atoms with E-state index in [9.17, 15) is 13.9 Å². The Labute approximate surface area is 201 Å². The Balaban J connectivity index is 0.00000180. The number of likely N-dealkylation sites (tertiary alicyclic amines) is 1. The van der Waals surface area contributed by atoms with Gasteiger partial charge < -0.3 is 15.3 Å². The summed E-state index contributed by atoms with van der Waals surface area (Å²) in [6, 6.07) is 10.3. The molecule has 1 aromatic heterocycles. The number of nitrogens with zero attached hydrogens (tertiary/aromatic N) is 5. The van der Waals surface area contributed by atoms with E-state index in [1.54, 1.807) is 0 Å². The zero-order valence-corrected chi connectivity index (χ0v) is 19.3. The number of aryl methyl sites for hydroxylation is 1. The Morgan fingerprint density at radius 3 is 2.56 bits per heavy atom. The first kappa shape index (κ1) is 22.7. The lowest BCUT2D eigenvalue weighted by Crippen LogP contribution is -2.43. The van der Waals surface area contributed by atoms with Crippen LogP contribution in [0.25, 0.3) is 5.69 Å². The van der Waals surface area contributed by atoms with Crippen LogP contribution in [0.5, 0.6) is 0 Å². The van der Waals surface area contributed by atoms with Crippen LogP contribution in [0, 0.1) is 18.6 Å². The number of hydrogen-bond acceptors (Lipinski definition) is 6. The highest BCUT2D eigenvalue weighted by Gasteiger charge is 2.31. The molecule has 2 aromatic carbocycles. The van der Waals surface area contributed by atoms with Gasteiger partial charge in [0, 0.05) is 45.5 Å². The van der Waals surface area contributed by atoms with Crippen LogP contribution in [0.4, 0.5) is 26.1 Å². The largest absolute Gasteiger partial charge is 0.395 e. The minimum atomic E-state index is -0.664. The number of nitrogens with one attached hydrogen (secondary N) is 1. The van der Waals surface area contributed by atoms with Crippen LogP contribution in [0.1, 0.15) is 34.1 Å². The van der Waals surface area contributed by atoms with Gasteiger partial charge in [0.15, 0.2) is 0 Å². The lowest BCUT2D eigenvalue weighted by Gasteiger charge is -2.33. The zero-order valence-electron chi connectivity index (χ0n) is 19.3. The van der Waals surface area contributed by atoms with Gasteiger partial charge in [0.1, 0.15) is 18.0 Å². The van der Waals surface area contributed by atoms with Crippen LogP contribution in [0.3, 0.4) is 0 Å². The second kappa shape index (κ2) is 9.68. The molecule has 2 aliphatic heterocycles. The standard InChI is InChI=1S/C25H30F2N6O.2H2/c1-17-8-20(29-25-28-16-33(30-25)24-11-18(26)10-19(27)12-24)13-23(9-17)32-7-3-4-21(32)14-31-6-2-5-22(31)15-34;;/h8-13,16,21-22,34H,2-7,14-15H2,1H3,(H,29,30);2*1H. The van der Waals surface area contributed by atoms with Gasteiger partial charge in [-0.15, -0.1) is 5.10 Å². The SMILES string of the molecule is Cc1cc(Nc2ncn(-c3cc(F)cc(F)c3)n2)cc(N2CCCC2CN2CCCC2CO)c1.[HH].[HH]. The number of aromatic nitrogens is 3. The number of anilines is 3. The maximum absolute atomic E-state index is 13.6. The fourth-order valence-corrected chi connectivity index (χ4v) is 5.22. The lowest BCUT2D eigenvalue weighted by molar-refractivity contribution is 0.153. The van der Waals surface area contributed by atoms with Crippen molar-refractivity contribution < 1.29 is 16.7 Å². The van der Waals surface area contributed by atoms with Crippen molar-refractivity contribution in [3.63, 3.8) is 0 Å². The number of halogens is 2. The summed E-state index contributed by atoms with van der Waals surface area (Å²) >= 11 is 0. The fourth-order valence-electron chi connectivity index (χ4n) is 5.22. The molecule has 2 saturated heterocycles. The summed E-state index contributed by atoms with van der Waals surface area (Å²) < 4.78 is 28.5. The minimum Gasteiger partial charge on any atom is -0.395 e. The Morgan fingerprint density at radius 1 is 1.00 bits per heavy atom. The Bertz CT molecular complexity index is 1140. The molecule has 0 radical (unpaired) electrons. The maximum Gasteiger partial charge on any atom is 0.246 e. The van der Waals surface area contributed by atoms with E-state index in [1.807, 2.05) is 6.07 Å². The highest BCUT2D eigenvalue weighted by atomic mass is 19.1. The first-order valence-corrected chi connectivity index (χ1v) is 11.9. The molecule has 3 aromatic rings. The second-order valence-corrected chi connectivity index (χ2v) is 9.29. The molecule has 0 aliphatic carbocycles. The third kappa shape index (κ3) is 4.90. The van der Waals surface area contributed by atoms with Gasteiger partial charge in [-0.25, -0.2) is 13.5 Å². The predicted molar refractivity (Wildman–Crippen MR) is 132 cm³/mol. The fraction of sp³-hybridized carbons (Fsp3) is 0.440. The predicted octanol–water partition coefficient (Wildman–Crippen LogP) is 4.52. The van der Waals surface area contributed by atoms with E-state index in [0.29, 0.717) is 12.0 Å². The van der Waals surface area contributed by atoms with E-state index in [1.165, 1.54) is 23.1 Å². The minimum absolute atomic E-state index is 0. The monoisotopic (exact) mass is 472 g/mol. The summed E-state index contributed by atoms with van der Waals surface area (Å²) in [5, 5.41) is 17.3. The van der Waals surface area contributed by atoms with Gasteiger partial charge in [-0.1, -0.05) is 0 Å². The molecule has 2 aliphatic rings. The van der Waals surface area contributed by atoms with Crippen LogP contribution in [-0.4, -0.2) is 63.1 Å². The quantitative estimate of drug-likeness (QED) is 0.527. The summed E-state index contributed by atoms with van der Waals surface area (Å²) in [6.07, 6.45) is 5.94. The number of rotatable bonds is 7. The summed E-state index contributed by atoms with van der Waals surface area (Å²) in [5.74, 6) is -0.979. The third-order valence-corrected chi connectivity index (χ3v) is 6.79. The molecule has 2 atom stereocenters. The zero-order chi connectivity index (χ0) is 23.7. The summed E-state index contributed by atoms with van der Waals surface area (Å²) in [6.45, 7) is 5.32. The van der Waals surface area contributed by atoms with Gasteiger partial charge in [0.25, 0.3) is 0 Å². The molecular formula is C25H34F2N6O. The second-order valence-electron chi connectivity index (χ2n) is 9.29. The van der Waals surface area contributed by atoms with Crippen molar-refractivity contribution in [1.29, 1.82) is 0 Å². The van der Waals surface area contributed by atoms with Crippen LogP contribution >= 0.6 is 0 Å². The van der Waals surface area contributed by atoms with Crippen molar-refractivity contribution >= 4 is 17.3 Å². The molecule has 0 amide bonds. The third-order valence-electron chi connectivity index (χ3n) is 6.79. The van der Waals surface area contributed by atoms with Gasteiger partial charge in [0.05, 0.1) is 12.3 Å². The molecule has 9 heteroatoms. The molecule has 2 unspecified atom stereocenters. The highest BCUT2D eigenvalue weighted by molar-refractivity contribution is 5.64. The van der Waals surface area contributed by atoms with Crippen LogP contribution in [-0.2, 0) is 0 Å². The van der Waals surface area contributed by atoms with Crippen molar-refractivity contribution in [1.82, 2.24) is 19.7 Å². The van der Waals surface area contributed by atoms with Gasteiger partial charge in [0.2, 0.25) is 5.95 Å². The first-order valence-electron chi connectivity index (χ1n) is 11.9. The maximum atomic E-state index is 13.6. The van der Waals surface area contributed by atoms with Gasteiger partial charge >= 0.3 is 0 Å².